The second-order valence-electron chi connectivity index (χ2n) is 6.11. The van der Waals surface area contributed by atoms with Gasteiger partial charge in [0.1, 0.15) is 0 Å². The lowest BCUT2D eigenvalue weighted by atomic mass is 10.1. The highest BCUT2D eigenvalue weighted by atomic mass is 35.5. The van der Waals surface area contributed by atoms with E-state index in [0.29, 0.717) is 42.2 Å². The van der Waals surface area contributed by atoms with Crippen molar-refractivity contribution in [2.75, 3.05) is 22.4 Å². The Hall–Kier alpha value is -2.05. The second kappa shape index (κ2) is 7.06. The maximum atomic E-state index is 12.2. The Morgan fingerprint density at radius 1 is 1.24 bits per heavy atom. The number of hydrogen-bond donors (Lipinski definition) is 1. The highest BCUT2D eigenvalue weighted by Crippen LogP contribution is 2.32. The van der Waals surface area contributed by atoms with Gasteiger partial charge in [-0.3, -0.25) is 9.10 Å². The van der Waals surface area contributed by atoms with E-state index in [1.54, 1.807) is 12.1 Å². The third-order valence-corrected chi connectivity index (χ3v) is 5.57. The van der Waals surface area contributed by atoms with Crippen LogP contribution < -0.4 is 9.62 Å². The minimum Gasteiger partial charge on any atom is -0.326 e. The number of halogens is 1. The lowest BCUT2D eigenvalue weighted by molar-refractivity contribution is -0.116. The van der Waals surface area contributed by atoms with Gasteiger partial charge in [-0.15, -0.1) is 0 Å². The van der Waals surface area contributed by atoms with Crippen LogP contribution in [0.1, 0.15) is 17.5 Å². The molecule has 25 heavy (non-hydrogen) atoms. The highest BCUT2D eigenvalue weighted by Gasteiger charge is 2.26. The van der Waals surface area contributed by atoms with Crippen molar-refractivity contribution in [2.24, 2.45) is 0 Å². The highest BCUT2D eigenvalue weighted by molar-refractivity contribution is 7.92. The van der Waals surface area contributed by atoms with Crippen LogP contribution in [0.25, 0.3) is 0 Å². The van der Waals surface area contributed by atoms with E-state index in [4.69, 9.17) is 11.6 Å². The molecule has 2 aromatic carbocycles. The molecule has 1 aliphatic heterocycles. The SMILES string of the molecule is CS(=O)(=O)N1CCc2ccc(NC(=O)CCc3cccc(Cl)c3)cc21. The molecule has 1 amide bonds. The fourth-order valence-electron chi connectivity index (χ4n) is 2.95. The largest absolute Gasteiger partial charge is 0.326 e. The van der Waals surface area contributed by atoms with Gasteiger partial charge in [0.25, 0.3) is 0 Å². The molecule has 0 saturated carbocycles. The molecule has 1 N–H and O–H groups in total. The monoisotopic (exact) mass is 378 g/mol. The maximum Gasteiger partial charge on any atom is 0.232 e. The van der Waals surface area contributed by atoms with Crippen molar-refractivity contribution in [1.82, 2.24) is 0 Å². The zero-order chi connectivity index (χ0) is 18.0. The fourth-order valence-corrected chi connectivity index (χ4v) is 4.11. The van der Waals surface area contributed by atoms with Crippen molar-refractivity contribution in [3.63, 3.8) is 0 Å². The van der Waals surface area contributed by atoms with Crippen LogP contribution in [-0.4, -0.2) is 27.1 Å². The lowest BCUT2D eigenvalue weighted by Gasteiger charge is -2.17. The molecule has 1 heterocycles. The number of amides is 1. The normalized spacial score (nSPS) is 13.6. The van der Waals surface area contributed by atoms with E-state index in [9.17, 15) is 13.2 Å². The number of sulfonamides is 1. The van der Waals surface area contributed by atoms with Crippen molar-refractivity contribution in [3.05, 3.63) is 58.6 Å². The second-order valence-corrected chi connectivity index (χ2v) is 8.45. The number of aryl methyl sites for hydroxylation is 1. The summed E-state index contributed by atoms with van der Waals surface area (Å²) in [5.74, 6) is -0.121. The van der Waals surface area contributed by atoms with Crippen molar-refractivity contribution < 1.29 is 13.2 Å². The first kappa shape index (κ1) is 17.8. The van der Waals surface area contributed by atoms with Gasteiger partial charge in [0.15, 0.2) is 0 Å². The Morgan fingerprint density at radius 2 is 2.04 bits per heavy atom. The van der Waals surface area contributed by atoms with E-state index in [2.05, 4.69) is 5.32 Å². The minimum absolute atomic E-state index is 0.121. The number of hydrogen-bond acceptors (Lipinski definition) is 3. The van der Waals surface area contributed by atoms with Gasteiger partial charge < -0.3 is 5.32 Å². The third kappa shape index (κ3) is 4.32. The Morgan fingerprint density at radius 3 is 2.76 bits per heavy atom. The quantitative estimate of drug-likeness (QED) is 0.868. The average molecular weight is 379 g/mol. The topological polar surface area (TPSA) is 66.5 Å². The number of nitrogens with one attached hydrogen (secondary N) is 1. The average Bonchev–Trinajstić information content (AvgIpc) is 2.96. The van der Waals surface area contributed by atoms with Gasteiger partial charge in [-0.1, -0.05) is 29.8 Å². The molecule has 7 heteroatoms. The van der Waals surface area contributed by atoms with Gasteiger partial charge >= 0.3 is 0 Å². The van der Waals surface area contributed by atoms with Crippen LogP contribution in [0.3, 0.4) is 0 Å². The molecule has 0 spiro atoms. The number of benzene rings is 2. The fraction of sp³-hybridized carbons (Fsp3) is 0.278. The van der Waals surface area contributed by atoms with Crippen LogP contribution in [0.2, 0.25) is 5.02 Å². The molecule has 5 nitrogen and oxygen atoms in total. The van der Waals surface area contributed by atoms with Crippen LogP contribution in [-0.2, 0) is 27.7 Å². The Labute approximate surface area is 152 Å². The molecule has 2 aromatic rings. The summed E-state index contributed by atoms with van der Waals surface area (Å²) in [4.78, 5) is 12.2. The van der Waals surface area contributed by atoms with Crippen LogP contribution >= 0.6 is 11.6 Å². The summed E-state index contributed by atoms with van der Waals surface area (Å²) in [7, 11) is -3.30. The van der Waals surface area contributed by atoms with Gasteiger partial charge in [-0.25, -0.2) is 8.42 Å². The number of carbonyl (C=O) groups is 1. The molecule has 0 radical (unpaired) electrons. The number of carbonyl (C=O) groups excluding carboxylic acids is 1. The third-order valence-electron chi connectivity index (χ3n) is 4.15. The van der Waals surface area contributed by atoms with Crippen molar-refractivity contribution >= 4 is 38.9 Å². The zero-order valence-corrected chi connectivity index (χ0v) is 15.4. The van der Waals surface area contributed by atoms with Gasteiger partial charge in [-0.05, 0) is 48.2 Å². The molecule has 0 saturated heterocycles. The van der Waals surface area contributed by atoms with Crippen molar-refractivity contribution in [2.45, 2.75) is 19.3 Å². The van der Waals surface area contributed by atoms with E-state index in [0.717, 1.165) is 11.1 Å². The van der Waals surface area contributed by atoms with Crippen LogP contribution in [0, 0.1) is 0 Å². The van der Waals surface area contributed by atoms with E-state index >= 15 is 0 Å². The van der Waals surface area contributed by atoms with Crippen molar-refractivity contribution in [3.8, 4) is 0 Å². The minimum atomic E-state index is -3.30. The van der Waals surface area contributed by atoms with Crippen LogP contribution in [0.5, 0.6) is 0 Å². The molecule has 0 aromatic heterocycles. The molecule has 0 fully saturated rings. The smallest absolute Gasteiger partial charge is 0.232 e. The summed E-state index contributed by atoms with van der Waals surface area (Å²) in [5.41, 5.74) is 3.22. The predicted molar refractivity (Wildman–Crippen MR) is 101 cm³/mol. The van der Waals surface area contributed by atoms with E-state index in [1.807, 2.05) is 30.3 Å². The molecule has 1 aliphatic rings. The summed E-state index contributed by atoms with van der Waals surface area (Å²) in [6.45, 7) is 0.445. The molecule has 0 unspecified atom stereocenters. The Balaban J connectivity index is 1.66. The van der Waals surface area contributed by atoms with Gasteiger partial charge in [0, 0.05) is 23.7 Å². The molecule has 132 valence electrons. The molecule has 0 aliphatic carbocycles. The number of anilines is 2. The summed E-state index contributed by atoms with van der Waals surface area (Å²) in [6.07, 6.45) is 2.80. The molecule has 3 rings (SSSR count). The van der Waals surface area contributed by atoms with E-state index in [-0.39, 0.29) is 5.91 Å². The Bertz CT molecular complexity index is 912. The van der Waals surface area contributed by atoms with Gasteiger partial charge in [0.2, 0.25) is 15.9 Å². The number of fused-ring (bicyclic) bond motifs is 1. The maximum absolute atomic E-state index is 12.2. The zero-order valence-electron chi connectivity index (χ0n) is 13.8. The summed E-state index contributed by atoms with van der Waals surface area (Å²) in [6, 6.07) is 12.8. The first-order valence-corrected chi connectivity index (χ1v) is 10.2. The molecule has 0 atom stereocenters. The predicted octanol–water partition coefficient (Wildman–Crippen LogP) is 3.23. The number of rotatable bonds is 5. The summed E-state index contributed by atoms with van der Waals surface area (Å²) >= 11 is 5.94. The number of nitrogens with zero attached hydrogens (tertiary/aromatic N) is 1. The van der Waals surface area contributed by atoms with Crippen molar-refractivity contribution in [1.29, 1.82) is 0 Å². The van der Waals surface area contributed by atoms with E-state index in [1.165, 1.54) is 10.6 Å². The molecule has 0 bridgehead atoms. The van der Waals surface area contributed by atoms with Crippen LogP contribution in [0.15, 0.2) is 42.5 Å². The first-order valence-electron chi connectivity index (χ1n) is 7.98. The van der Waals surface area contributed by atoms with Gasteiger partial charge in [0.05, 0.1) is 11.9 Å². The van der Waals surface area contributed by atoms with E-state index < -0.39 is 10.0 Å². The lowest BCUT2D eigenvalue weighted by Crippen LogP contribution is -2.27. The molecular weight excluding hydrogens is 360 g/mol. The molecular formula is C18H19ClN2O3S. The summed E-state index contributed by atoms with van der Waals surface area (Å²) in [5, 5.41) is 3.49. The van der Waals surface area contributed by atoms with Crippen LogP contribution in [0.4, 0.5) is 11.4 Å². The first-order chi connectivity index (χ1) is 11.8. The Kier molecular flexibility index (Phi) is 5.01. The summed E-state index contributed by atoms with van der Waals surface area (Å²) < 4.78 is 25.1. The van der Waals surface area contributed by atoms with Gasteiger partial charge in [-0.2, -0.15) is 0 Å². The standard InChI is InChI=1S/C18H19ClN2O3S/c1-25(23,24)21-10-9-14-6-7-16(12-17(14)21)20-18(22)8-5-13-3-2-4-15(19)11-13/h2-4,6-7,11-12H,5,8-10H2,1H3,(H,20,22).